The lowest BCUT2D eigenvalue weighted by atomic mass is 10.0. The van der Waals surface area contributed by atoms with Crippen LogP contribution in [0.3, 0.4) is 0 Å². The molecule has 4 aliphatic rings. The predicted molar refractivity (Wildman–Crippen MR) is 270 cm³/mol. The van der Waals surface area contributed by atoms with Crippen LogP contribution >= 0.6 is 0 Å². The predicted octanol–water partition coefficient (Wildman–Crippen LogP) is 8.74. The summed E-state index contributed by atoms with van der Waals surface area (Å²) in [4.78, 5) is 56.8. The SMILES string of the molecule is C=C(C)F.CCC.CNC(C(=O)N1CCCC1)C(C)C.CNCC(=O)N1CCCC1c1nc2ccc(C3CCCN3c3ccc(F)cc3)cc2[nH]1.COC=O.COC=O.c1ccc2c(c1)NCN2. The second-order valence-corrected chi connectivity index (χ2v) is 16.7. The average molecular weight is 950 g/mol. The lowest BCUT2D eigenvalue weighted by molar-refractivity contribution is -0.133. The van der Waals surface area contributed by atoms with Crippen LogP contribution in [-0.2, 0) is 28.7 Å². The molecule has 0 spiro atoms. The van der Waals surface area contributed by atoms with Crippen LogP contribution in [0.15, 0.2) is 79.1 Å². The second kappa shape index (κ2) is 32.6. The quantitative estimate of drug-likeness (QED) is 0.0959. The number of amides is 2. The molecule has 68 heavy (non-hydrogen) atoms. The molecule has 376 valence electrons. The van der Waals surface area contributed by atoms with Gasteiger partial charge in [0.2, 0.25) is 11.8 Å². The van der Waals surface area contributed by atoms with E-state index in [1.165, 1.54) is 69.5 Å². The summed E-state index contributed by atoms with van der Waals surface area (Å²) in [5.41, 5.74) is 6.64. The Morgan fingerprint density at radius 2 is 1.41 bits per heavy atom. The van der Waals surface area contributed by atoms with Crippen molar-refractivity contribution in [2.75, 3.05) is 83.2 Å². The summed E-state index contributed by atoms with van der Waals surface area (Å²) in [6, 6.07) is 21.6. The van der Waals surface area contributed by atoms with Crippen molar-refractivity contribution in [2.45, 2.75) is 97.7 Å². The van der Waals surface area contributed by atoms with Gasteiger partial charge in [0.25, 0.3) is 12.9 Å². The molecule has 0 bridgehead atoms. The van der Waals surface area contributed by atoms with Gasteiger partial charge in [-0.15, -0.1) is 0 Å². The zero-order valence-electron chi connectivity index (χ0n) is 41.7. The van der Waals surface area contributed by atoms with Crippen LogP contribution in [-0.4, -0.2) is 118 Å². The van der Waals surface area contributed by atoms with Gasteiger partial charge in [0.1, 0.15) is 11.6 Å². The van der Waals surface area contributed by atoms with E-state index in [4.69, 9.17) is 14.6 Å². The van der Waals surface area contributed by atoms with E-state index < -0.39 is 0 Å². The van der Waals surface area contributed by atoms with Crippen LogP contribution in [0.2, 0.25) is 0 Å². The molecule has 0 aliphatic carbocycles. The summed E-state index contributed by atoms with van der Waals surface area (Å²) in [6.45, 7) is 18.2. The third kappa shape index (κ3) is 19.3. The molecule has 0 saturated carbocycles. The number of anilines is 3. The Bertz CT molecular complexity index is 2050. The van der Waals surface area contributed by atoms with E-state index in [1.54, 1.807) is 7.05 Å². The van der Waals surface area contributed by atoms with Crippen LogP contribution in [0.5, 0.6) is 0 Å². The molecule has 8 rings (SSSR count). The topological polar surface area (TPSA) is 173 Å². The number of halogens is 2. The van der Waals surface area contributed by atoms with E-state index in [9.17, 15) is 18.4 Å². The zero-order chi connectivity index (χ0) is 50.4. The Kier molecular flexibility index (Phi) is 27.8. The number of hydrogen-bond acceptors (Lipinski definition) is 12. The summed E-state index contributed by atoms with van der Waals surface area (Å²) >= 11 is 0. The van der Waals surface area contributed by atoms with E-state index in [-0.39, 0.29) is 41.6 Å². The van der Waals surface area contributed by atoms with E-state index >= 15 is 0 Å². The maximum atomic E-state index is 13.4. The monoisotopic (exact) mass is 950 g/mol. The maximum absolute atomic E-state index is 13.4. The number of fused-ring (bicyclic) bond motifs is 2. The molecule has 15 nitrogen and oxygen atoms in total. The number of rotatable bonds is 10. The summed E-state index contributed by atoms with van der Waals surface area (Å²) in [6.07, 6.45) is 7.69. The first kappa shape index (κ1) is 58.1. The van der Waals surface area contributed by atoms with Crippen molar-refractivity contribution in [1.82, 2.24) is 30.4 Å². The highest BCUT2D eigenvalue weighted by atomic mass is 19.1. The number of likely N-dealkylation sites (tertiary alicyclic amines) is 2. The van der Waals surface area contributed by atoms with Gasteiger partial charge in [0, 0.05) is 31.9 Å². The molecular weight excluding hydrogens is 873 g/mol. The van der Waals surface area contributed by atoms with Crippen molar-refractivity contribution < 1.29 is 37.4 Å². The first-order valence-electron chi connectivity index (χ1n) is 23.5. The van der Waals surface area contributed by atoms with Gasteiger partial charge in [-0.05, 0) is 120 Å². The van der Waals surface area contributed by atoms with Gasteiger partial charge < -0.3 is 50.4 Å². The van der Waals surface area contributed by atoms with Crippen LogP contribution in [0.1, 0.15) is 103 Å². The van der Waals surface area contributed by atoms with Gasteiger partial charge in [-0.3, -0.25) is 19.2 Å². The number of allylic oxidation sites excluding steroid dienone is 1. The van der Waals surface area contributed by atoms with Gasteiger partial charge in [0.05, 0.1) is 73.8 Å². The number of likely N-dealkylation sites (N-methyl/N-ethyl adjacent to an activating group) is 2. The third-order valence-corrected chi connectivity index (χ3v) is 10.9. The normalized spacial score (nSPS) is 16.6. The number of carbonyl (C=O) groups excluding carboxylic acids is 4. The molecule has 4 aromatic rings. The Balaban J connectivity index is 0.000000350. The minimum Gasteiger partial charge on any atom is -0.471 e. The Morgan fingerprint density at radius 3 is 1.93 bits per heavy atom. The van der Waals surface area contributed by atoms with E-state index in [1.807, 2.05) is 41.1 Å². The van der Waals surface area contributed by atoms with E-state index in [0.717, 1.165) is 81.1 Å². The maximum Gasteiger partial charge on any atom is 0.292 e. The highest BCUT2D eigenvalue weighted by Gasteiger charge is 2.32. The number of nitrogens with one attached hydrogen (secondary N) is 5. The lowest BCUT2D eigenvalue weighted by Crippen LogP contribution is -2.47. The van der Waals surface area contributed by atoms with Gasteiger partial charge in [-0.1, -0.05) is 58.9 Å². The number of carbonyl (C=O) groups is 4. The molecule has 3 aromatic carbocycles. The van der Waals surface area contributed by atoms with Crippen molar-refractivity contribution in [3.63, 3.8) is 0 Å². The number of aromatic amines is 1. The lowest BCUT2D eigenvalue weighted by Gasteiger charge is -2.27. The third-order valence-electron chi connectivity index (χ3n) is 10.9. The molecule has 0 radical (unpaired) electrons. The highest BCUT2D eigenvalue weighted by molar-refractivity contribution is 5.82. The van der Waals surface area contributed by atoms with E-state index in [2.05, 4.69) is 105 Å². The van der Waals surface area contributed by atoms with Crippen molar-refractivity contribution in [1.29, 1.82) is 0 Å². The first-order valence-corrected chi connectivity index (χ1v) is 23.5. The fourth-order valence-electron chi connectivity index (χ4n) is 7.97. The van der Waals surface area contributed by atoms with Crippen LogP contribution in [0.25, 0.3) is 11.0 Å². The second-order valence-electron chi connectivity index (χ2n) is 16.7. The molecule has 17 heteroatoms. The van der Waals surface area contributed by atoms with Gasteiger partial charge in [-0.2, -0.15) is 0 Å². The molecule has 3 atom stereocenters. The Morgan fingerprint density at radius 1 is 0.868 bits per heavy atom. The molecule has 3 saturated heterocycles. The van der Waals surface area contributed by atoms with Gasteiger partial charge in [-0.25, -0.2) is 13.8 Å². The molecule has 1 aromatic heterocycles. The Labute approximate surface area is 402 Å². The van der Waals surface area contributed by atoms with Crippen LogP contribution in [0.4, 0.5) is 25.8 Å². The summed E-state index contributed by atoms with van der Waals surface area (Å²) < 4.78 is 31.9. The number of imidazole rings is 1. The van der Waals surface area contributed by atoms with E-state index in [0.29, 0.717) is 25.4 Å². The average Bonchev–Trinajstić information content (AvgIpc) is 4.20. The van der Waals surface area contributed by atoms with Crippen molar-refractivity contribution in [3.8, 4) is 0 Å². The molecule has 5 heterocycles. The van der Waals surface area contributed by atoms with Crippen LogP contribution in [0, 0.1) is 11.7 Å². The first-order chi connectivity index (χ1) is 32.7. The number of nitrogens with zero attached hydrogens (tertiary/aromatic N) is 4. The standard InChI is InChI=1S/C24H28FN5O.C10H20N2O.C7H8N2.C3H5F.C3H8.2C2H4O2/c1-26-15-23(31)30-13-3-5-22(30)24-27-19-11-6-16(14-20(19)28-24)21-4-2-12-29(21)18-9-7-17(25)8-10-18;1-8(2)9(11-3)10(13)12-6-4-5-7-12;1-2-4-7-6(3-1)8-5-9-7;1-3(2)4;1-3-2;2*1-4-2-3/h6-11,14,21-22,26H,2-5,12-13,15H2,1H3,(H,27,28);8-9,11H,4-7H2,1-3H3;1-4,8-9H,5H2;1H2,2H3;3H2,1-2H3;2*2H,1H3. The highest BCUT2D eigenvalue weighted by Crippen LogP contribution is 2.38. The molecule has 4 aliphatic heterocycles. The number of H-pyrrole nitrogens is 1. The minimum atomic E-state index is -0.333. The fourth-order valence-corrected chi connectivity index (χ4v) is 7.97. The molecule has 3 fully saturated rings. The molecular formula is C51H77F2N9O6. The molecule has 3 unspecified atom stereocenters. The Hall–Kier alpha value is -6.07. The zero-order valence-corrected chi connectivity index (χ0v) is 41.7. The van der Waals surface area contributed by atoms with Crippen molar-refractivity contribution >= 4 is 52.9 Å². The number of hydrogen-bond donors (Lipinski definition) is 5. The molecule has 5 N–H and O–H groups in total. The summed E-state index contributed by atoms with van der Waals surface area (Å²) in [7, 11) is 6.28. The number of aromatic nitrogens is 2. The van der Waals surface area contributed by atoms with Gasteiger partial charge in [0.15, 0.2) is 0 Å². The number of methoxy groups -OCH3 is 2. The fraction of sp³-hybridized carbons (Fsp3) is 0.510. The van der Waals surface area contributed by atoms with Crippen molar-refractivity contribution in [2.24, 2.45) is 5.92 Å². The minimum absolute atomic E-state index is 0.00176. The molecule has 2 amide bonds. The summed E-state index contributed by atoms with van der Waals surface area (Å²) in [5.74, 6) is 1.09. The number of benzene rings is 3. The largest absolute Gasteiger partial charge is 0.471 e. The summed E-state index contributed by atoms with van der Waals surface area (Å²) in [5, 5.41) is 12.4. The number of para-hydroxylation sites is 2. The van der Waals surface area contributed by atoms with Gasteiger partial charge >= 0.3 is 0 Å². The van der Waals surface area contributed by atoms with Crippen LogP contribution < -0.4 is 26.2 Å². The number of ether oxygens (including phenoxy) is 2. The van der Waals surface area contributed by atoms with Crippen molar-refractivity contribution in [3.05, 3.63) is 96.3 Å². The smallest absolute Gasteiger partial charge is 0.292 e.